The summed E-state index contributed by atoms with van der Waals surface area (Å²) in [4.78, 5) is 2.04. The molecule has 0 aromatic carbocycles. The zero-order valence-electron chi connectivity index (χ0n) is 14.1. The van der Waals surface area contributed by atoms with Crippen molar-refractivity contribution in [3.05, 3.63) is 71.0 Å². The molecule has 0 unspecified atom stereocenters. The van der Waals surface area contributed by atoms with Gasteiger partial charge in [0, 0.05) is 0 Å². The van der Waals surface area contributed by atoms with Gasteiger partial charge in [-0.15, -0.1) is 12.4 Å². The molecule has 0 amide bonds. The normalized spacial score (nSPS) is 11.1. The Morgan fingerprint density at radius 1 is 0.538 bits per heavy atom. The molecule has 3 aromatic rings. The number of nitrogens with zero attached hydrogens (tertiary/aromatic N) is 1. The highest BCUT2D eigenvalue weighted by molar-refractivity contribution is 5.85. The first kappa shape index (κ1) is 20.3. The summed E-state index contributed by atoms with van der Waals surface area (Å²) in [7, 11) is 0. The van der Waals surface area contributed by atoms with E-state index in [0.29, 0.717) is 54.2 Å². The monoisotopic (exact) mass is 383 g/mol. The van der Waals surface area contributed by atoms with Crippen LogP contribution in [0.4, 0.5) is 0 Å². The van der Waals surface area contributed by atoms with Crippen LogP contribution in [0.1, 0.15) is 34.6 Å². The van der Waals surface area contributed by atoms with Crippen molar-refractivity contribution >= 4 is 12.4 Å². The highest BCUT2D eigenvalue weighted by Crippen LogP contribution is 2.19. The van der Waals surface area contributed by atoms with Gasteiger partial charge >= 0.3 is 0 Å². The first-order chi connectivity index (χ1) is 12.2. The van der Waals surface area contributed by atoms with Gasteiger partial charge in [0.2, 0.25) is 0 Å². The van der Waals surface area contributed by atoms with Crippen molar-refractivity contribution in [1.82, 2.24) is 4.90 Å². The van der Waals surface area contributed by atoms with Gasteiger partial charge in [-0.3, -0.25) is 4.90 Å². The van der Waals surface area contributed by atoms with Gasteiger partial charge in [-0.2, -0.15) is 0 Å². The van der Waals surface area contributed by atoms with E-state index in [9.17, 15) is 0 Å². The second-order valence-corrected chi connectivity index (χ2v) is 5.72. The Labute approximate surface area is 156 Å². The van der Waals surface area contributed by atoms with E-state index in [1.165, 1.54) is 0 Å². The Kier molecular flexibility index (Phi) is 7.50. The number of hydrogen-bond acceptors (Lipinski definition) is 7. The molecule has 0 aliphatic heterocycles. The molecule has 0 saturated carbocycles. The number of hydrogen-bond donors (Lipinski definition) is 3. The van der Waals surface area contributed by atoms with Crippen molar-refractivity contribution in [1.29, 1.82) is 0 Å². The molecule has 142 valence electrons. The standard InChI is InChI=1S/C18H21NO6.ClH/c20-10-16-4-1-13(23-16)7-19(8-14-2-5-17(11-21)24-14)9-15-3-6-18(12-22)25-15;/h1-6,20-22H,7-12H2;1H. The van der Waals surface area contributed by atoms with E-state index in [1.54, 1.807) is 18.2 Å². The Hall–Kier alpha value is -2.03. The van der Waals surface area contributed by atoms with Gasteiger partial charge in [0.1, 0.15) is 54.4 Å². The lowest BCUT2D eigenvalue weighted by Crippen LogP contribution is -2.21. The predicted molar refractivity (Wildman–Crippen MR) is 94.1 cm³/mol. The molecule has 0 bridgehead atoms. The molecule has 0 atom stereocenters. The van der Waals surface area contributed by atoms with Crippen LogP contribution >= 0.6 is 12.4 Å². The Balaban J connectivity index is 0.00000243. The van der Waals surface area contributed by atoms with Crippen molar-refractivity contribution < 1.29 is 28.6 Å². The summed E-state index contributed by atoms with van der Waals surface area (Å²) in [6.45, 7) is 1.04. The summed E-state index contributed by atoms with van der Waals surface area (Å²) < 4.78 is 16.7. The van der Waals surface area contributed by atoms with E-state index < -0.39 is 0 Å². The summed E-state index contributed by atoms with van der Waals surface area (Å²) in [6, 6.07) is 10.7. The van der Waals surface area contributed by atoms with Crippen LogP contribution in [-0.4, -0.2) is 20.2 Å². The van der Waals surface area contributed by atoms with Crippen LogP contribution in [0.3, 0.4) is 0 Å². The number of rotatable bonds is 9. The molecule has 8 heteroatoms. The Morgan fingerprint density at radius 3 is 1.04 bits per heavy atom. The lowest BCUT2D eigenvalue weighted by atomic mass is 10.3. The Morgan fingerprint density at radius 2 is 0.808 bits per heavy atom. The molecular weight excluding hydrogens is 362 g/mol. The first-order valence-corrected chi connectivity index (χ1v) is 7.98. The van der Waals surface area contributed by atoms with Gasteiger partial charge in [-0.1, -0.05) is 0 Å². The van der Waals surface area contributed by atoms with Crippen LogP contribution < -0.4 is 0 Å². The summed E-state index contributed by atoms with van der Waals surface area (Å²) in [5.41, 5.74) is 0. The van der Waals surface area contributed by atoms with E-state index in [2.05, 4.69) is 0 Å². The fourth-order valence-electron chi connectivity index (χ4n) is 2.61. The van der Waals surface area contributed by atoms with Gasteiger partial charge < -0.3 is 28.6 Å². The molecule has 26 heavy (non-hydrogen) atoms. The summed E-state index contributed by atoms with van der Waals surface area (Å²) in [5.74, 6) is 3.68. The summed E-state index contributed by atoms with van der Waals surface area (Å²) in [6.07, 6.45) is 0. The second kappa shape index (κ2) is 9.61. The second-order valence-electron chi connectivity index (χ2n) is 5.72. The summed E-state index contributed by atoms with van der Waals surface area (Å²) in [5, 5.41) is 27.4. The minimum atomic E-state index is -0.143. The van der Waals surface area contributed by atoms with Crippen molar-refractivity contribution in [2.45, 2.75) is 39.5 Å². The van der Waals surface area contributed by atoms with Crippen molar-refractivity contribution in [3.8, 4) is 0 Å². The molecule has 3 heterocycles. The number of aliphatic hydroxyl groups is 3. The van der Waals surface area contributed by atoms with Crippen molar-refractivity contribution in [3.63, 3.8) is 0 Å². The molecule has 0 aliphatic rings. The average Bonchev–Trinajstić information content (AvgIpc) is 3.35. The molecule has 7 nitrogen and oxygen atoms in total. The fraction of sp³-hybridized carbons (Fsp3) is 0.333. The molecule has 3 N–H and O–H groups in total. The largest absolute Gasteiger partial charge is 0.462 e. The number of aliphatic hydroxyl groups excluding tert-OH is 3. The van der Waals surface area contributed by atoms with Gasteiger partial charge in [0.05, 0.1) is 19.6 Å². The SMILES string of the molecule is Cl.OCc1ccc(CN(Cc2ccc(CO)o2)Cc2ccc(CO)o2)o1. The maximum Gasteiger partial charge on any atom is 0.129 e. The topological polar surface area (TPSA) is 103 Å². The lowest BCUT2D eigenvalue weighted by molar-refractivity contribution is 0.175. The lowest BCUT2D eigenvalue weighted by Gasteiger charge is -2.18. The minimum Gasteiger partial charge on any atom is -0.462 e. The molecule has 0 aliphatic carbocycles. The highest BCUT2D eigenvalue weighted by atomic mass is 35.5. The van der Waals surface area contributed by atoms with Gasteiger partial charge in [0.25, 0.3) is 0 Å². The van der Waals surface area contributed by atoms with E-state index in [0.717, 1.165) is 0 Å². The number of furan rings is 3. The van der Waals surface area contributed by atoms with Gasteiger partial charge in [-0.25, -0.2) is 0 Å². The van der Waals surface area contributed by atoms with E-state index in [-0.39, 0.29) is 32.2 Å². The van der Waals surface area contributed by atoms with Crippen LogP contribution in [0, 0.1) is 0 Å². The maximum atomic E-state index is 9.13. The van der Waals surface area contributed by atoms with E-state index >= 15 is 0 Å². The van der Waals surface area contributed by atoms with Crippen LogP contribution in [0.15, 0.2) is 49.6 Å². The summed E-state index contributed by atoms with van der Waals surface area (Å²) >= 11 is 0. The zero-order valence-corrected chi connectivity index (χ0v) is 14.9. The third-order valence-corrected chi connectivity index (χ3v) is 3.76. The third-order valence-electron chi connectivity index (χ3n) is 3.76. The molecule has 3 aromatic heterocycles. The first-order valence-electron chi connectivity index (χ1n) is 7.98. The number of halogens is 1. The molecule has 3 rings (SSSR count). The zero-order chi connectivity index (χ0) is 17.6. The van der Waals surface area contributed by atoms with Gasteiger partial charge in [0.15, 0.2) is 0 Å². The molecular formula is C18H22ClNO6. The maximum absolute atomic E-state index is 9.13. The quantitative estimate of drug-likeness (QED) is 0.521. The minimum absolute atomic E-state index is 0. The van der Waals surface area contributed by atoms with Gasteiger partial charge in [-0.05, 0) is 36.4 Å². The predicted octanol–water partition coefficient (Wildman–Crippen LogP) is 2.57. The average molecular weight is 384 g/mol. The smallest absolute Gasteiger partial charge is 0.129 e. The highest BCUT2D eigenvalue weighted by Gasteiger charge is 2.15. The Bertz CT molecular complexity index is 688. The molecule has 0 saturated heterocycles. The van der Waals surface area contributed by atoms with E-state index in [4.69, 9.17) is 28.6 Å². The van der Waals surface area contributed by atoms with Crippen LogP contribution in [0.25, 0.3) is 0 Å². The van der Waals surface area contributed by atoms with Crippen LogP contribution in [-0.2, 0) is 39.5 Å². The third kappa shape index (κ3) is 5.23. The fourth-order valence-corrected chi connectivity index (χ4v) is 2.61. The van der Waals surface area contributed by atoms with Crippen molar-refractivity contribution in [2.24, 2.45) is 0 Å². The van der Waals surface area contributed by atoms with E-state index in [1.807, 2.05) is 23.1 Å². The molecule has 0 spiro atoms. The molecule has 0 radical (unpaired) electrons. The van der Waals surface area contributed by atoms with Crippen molar-refractivity contribution in [2.75, 3.05) is 0 Å². The van der Waals surface area contributed by atoms with Crippen LogP contribution in [0.5, 0.6) is 0 Å². The van der Waals surface area contributed by atoms with Crippen LogP contribution in [0.2, 0.25) is 0 Å². The molecule has 0 fully saturated rings.